The van der Waals surface area contributed by atoms with Crippen LogP contribution in [0.15, 0.2) is 18.2 Å². The van der Waals surface area contributed by atoms with Crippen molar-refractivity contribution in [1.82, 2.24) is 20.1 Å². The van der Waals surface area contributed by atoms with Crippen LogP contribution in [0.3, 0.4) is 0 Å². The van der Waals surface area contributed by atoms with Crippen LogP contribution in [0, 0.1) is 13.8 Å². The van der Waals surface area contributed by atoms with Gasteiger partial charge >= 0.3 is 0 Å². The Labute approximate surface area is 114 Å². The molecule has 2 heterocycles. The Hall–Kier alpha value is -1.68. The van der Waals surface area contributed by atoms with Crippen LogP contribution in [0.4, 0.5) is 0 Å². The summed E-state index contributed by atoms with van der Waals surface area (Å²) in [5.74, 6) is 0. The summed E-state index contributed by atoms with van der Waals surface area (Å²) in [6.07, 6.45) is 1.03. The molecule has 0 radical (unpaired) electrons. The first-order valence-corrected chi connectivity index (χ1v) is 6.78. The molecule has 2 aromatic heterocycles. The van der Waals surface area contributed by atoms with Gasteiger partial charge in [0.2, 0.25) is 0 Å². The maximum atomic E-state index is 4.64. The number of nitrogens with zero attached hydrogens (tertiary/aromatic N) is 3. The molecule has 0 atom stereocenters. The van der Waals surface area contributed by atoms with Crippen molar-refractivity contribution in [2.75, 3.05) is 7.05 Å². The number of hydrogen-bond acceptors (Lipinski definition) is 3. The predicted molar refractivity (Wildman–Crippen MR) is 77.2 cm³/mol. The van der Waals surface area contributed by atoms with Crippen LogP contribution in [0.2, 0.25) is 0 Å². The average Bonchev–Trinajstić information content (AvgIpc) is 2.65. The zero-order valence-electron chi connectivity index (χ0n) is 12.2. The first-order valence-electron chi connectivity index (χ1n) is 6.78. The lowest BCUT2D eigenvalue weighted by Crippen LogP contribution is -2.10. The van der Waals surface area contributed by atoms with Crippen molar-refractivity contribution >= 4 is 0 Å². The molecule has 0 aliphatic heterocycles. The third-order valence-electron chi connectivity index (χ3n) is 3.42. The molecule has 0 amide bonds. The van der Waals surface area contributed by atoms with E-state index < -0.39 is 0 Å². The highest BCUT2D eigenvalue weighted by atomic mass is 15.3. The van der Waals surface area contributed by atoms with Crippen LogP contribution in [0.25, 0.3) is 0 Å². The molecular formula is C15H22N4. The summed E-state index contributed by atoms with van der Waals surface area (Å²) in [5.41, 5.74) is 5.86. The Kier molecular flexibility index (Phi) is 4.32. The third kappa shape index (κ3) is 3.01. The fourth-order valence-corrected chi connectivity index (χ4v) is 2.45. The lowest BCUT2D eigenvalue weighted by atomic mass is 10.1. The molecule has 0 fully saturated rings. The summed E-state index contributed by atoms with van der Waals surface area (Å²) >= 11 is 0. The highest BCUT2D eigenvalue weighted by molar-refractivity contribution is 5.25. The number of hydrogen-bond donors (Lipinski definition) is 1. The minimum absolute atomic E-state index is 0.740. The van der Waals surface area contributed by atoms with E-state index in [2.05, 4.69) is 53.0 Å². The summed E-state index contributed by atoms with van der Waals surface area (Å²) in [4.78, 5) is 4.64. The van der Waals surface area contributed by atoms with Gasteiger partial charge in [0.15, 0.2) is 0 Å². The minimum Gasteiger partial charge on any atom is -0.314 e. The number of aromatic nitrogens is 3. The number of aryl methyl sites for hydroxylation is 1. The Balaban J connectivity index is 2.23. The van der Waals surface area contributed by atoms with Gasteiger partial charge in [0.1, 0.15) is 0 Å². The monoisotopic (exact) mass is 258 g/mol. The highest BCUT2D eigenvalue weighted by Gasteiger charge is 2.10. The van der Waals surface area contributed by atoms with E-state index in [0.29, 0.717) is 0 Å². The van der Waals surface area contributed by atoms with Gasteiger partial charge < -0.3 is 5.32 Å². The van der Waals surface area contributed by atoms with Crippen LogP contribution < -0.4 is 5.32 Å². The van der Waals surface area contributed by atoms with E-state index in [1.165, 1.54) is 11.3 Å². The van der Waals surface area contributed by atoms with Crippen LogP contribution >= 0.6 is 0 Å². The lowest BCUT2D eigenvalue weighted by molar-refractivity contribution is 0.641. The second-order valence-corrected chi connectivity index (χ2v) is 4.81. The van der Waals surface area contributed by atoms with Gasteiger partial charge in [-0.05, 0) is 45.0 Å². The Bertz CT molecular complexity index is 557. The summed E-state index contributed by atoms with van der Waals surface area (Å²) in [6, 6.07) is 6.15. The van der Waals surface area contributed by atoms with Gasteiger partial charge in [-0.1, -0.05) is 13.0 Å². The average molecular weight is 258 g/mol. The maximum Gasteiger partial charge on any atom is 0.0834 e. The number of rotatable bonds is 5. The predicted octanol–water partition coefficient (Wildman–Crippen LogP) is 2.23. The van der Waals surface area contributed by atoms with Crippen LogP contribution in [0.1, 0.15) is 35.3 Å². The second-order valence-electron chi connectivity index (χ2n) is 4.81. The lowest BCUT2D eigenvalue weighted by Gasteiger charge is -2.06. The fourth-order valence-electron chi connectivity index (χ4n) is 2.45. The molecule has 0 aliphatic rings. The van der Waals surface area contributed by atoms with E-state index in [-0.39, 0.29) is 0 Å². The third-order valence-corrected chi connectivity index (χ3v) is 3.42. The zero-order chi connectivity index (χ0) is 13.8. The Morgan fingerprint density at radius 1 is 1.21 bits per heavy atom. The van der Waals surface area contributed by atoms with Crippen molar-refractivity contribution in [2.24, 2.45) is 0 Å². The summed E-state index contributed by atoms with van der Waals surface area (Å²) in [5, 5.41) is 7.74. The molecule has 0 saturated heterocycles. The van der Waals surface area contributed by atoms with Gasteiger partial charge in [-0.15, -0.1) is 0 Å². The molecule has 2 rings (SSSR count). The molecule has 0 aliphatic carbocycles. The molecule has 102 valence electrons. The summed E-state index contributed by atoms with van der Waals surface area (Å²) in [6.45, 7) is 7.92. The molecule has 4 nitrogen and oxygen atoms in total. The molecule has 19 heavy (non-hydrogen) atoms. The largest absolute Gasteiger partial charge is 0.314 e. The maximum absolute atomic E-state index is 4.64. The van der Waals surface area contributed by atoms with Crippen molar-refractivity contribution in [1.29, 1.82) is 0 Å². The van der Waals surface area contributed by atoms with E-state index in [9.17, 15) is 0 Å². The summed E-state index contributed by atoms with van der Waals surface area (Å²) < 4.78 is 2.06. The van der Waals surface area contributed by atoms with E-state index in [1.807, 2.05) is 13.1 Å². The molecule has 0 spiro atoms. The molecule has 0 unspecified atom stereocenters. The second kappa shape index (κ2) is 5.97. The molecule has 1 N–H and O–H groups in total. The number of pyridine rings is 1. The highest BCUT2D eigenvalue weighted by Crippen LogP contribution is 2.14. The smallest absolute Gasteiger partial charge is 0.0834 e. The van der Waals surface area contributed by atoms with E-state index >= 15 is 0 Å². The van der Waals surface area contributed by atoms with Crippen molar-refractivity contribution in [2.45, 2.75) is 40.3 Å². The molecular weight excluding hydrogens is 236 g/mol. The van der Waals surface area contributed by atoms with Gasteiger partial charge in [0, 0.05) is 12.2 Å². The minimum atomic E-state index is 0.740. The van der Waals surface area contributed by atoms with Gasteiger partial charge in [-0.2, -0.15) is 5.10 Å². The normalized spacial score (nSPS) is 10.9. The number of nitrogens with one attached hydrogen (secondary N) is 1. The molecule has 0 bridgehead atoms. The standard InChI is InChI=1S/C15H22N4/c1-5-15-11(2)18-19(12(15)3)10-14-8-6-7-13(17-14)9-16-4/h6-8,16H,5,9-10H2,1-4H3. The van der Waals surface area contributed by atoms with Crippen LogP contribution in [-0.2, 0) is 19.5 Å². The zero-order valence-corrected chi connectivity index (χ0v) is 12.2. The van der Waals surface area contributed by atoms with E-state index in [4.69, 9.17) is 0 Å². The van der Waals surface area contributed by atoms with Gasteiger partial charge in [-0.3, -0.25) is 9.67 Å². The first-order chi connectivity index (χ1) is 9.15. The van der Waals surface area contributed by atoms with Crippen molar-refractivity contribution in [3.8, 4) is 0 Å². The Morgan fingerprint density at radius 3 is 2.58 bits per heavy atom. The summed E-state index contributed by atoms with van der Waals surface area (Å²) in [7, 11) is 1.93. The molecule has 0 saturated carbocycles. The quantitative estimate of drug-likeness (QED) is 0.894. The topological polar surface area (TPSA) is 42.7 Å². The molecule has 4 heteroatoms. The molecule has 0 aromatic carbocycles. The van der Waals surface area contributed by atoms with E-state index in [0.717, 1.165) is 36.6 Å². The van der Waals surface area contributed by atoms with Gasteiger partial charge in [0.05, 0.1) is 23.6 Å². The SMILES string of the molecule is CCc1c(C)nn(Cc2cccc(CNC)n2)c1C. The van der Waals surface area contributed by atoms with Crippen molar-refractivity contribution in [3.05, 3.63) is 46.5 Å². The Morgan fingerprint density at radius 2 is 1.95 bits per heavy atom. The van der Waals surface area contributed by atoms with Crippen LogP contribution in [-0.4, -0.2) is 21.8 Å². The first kappa shape index (κ1) is 13.7. The fraction of sp³-hybridized carbons (Fsp3) is 0.467. The van der Waals surface area contributed by atoms with Gasteiger partial charge in [-0.25, -0.2) is 0 Å². The van der Waals surface area contributed by atoms with Crippen LogP contribution in [0.5, 0.6) is 0 Å². The van der Waals surface area contributed by atoms with Crippen molar-refractivity contribution in [3.63, 3.8) is 0 Å². The molecule has 2 aromatic rings. The van der Waals surface area contributed by atoms with E-state index in [1.54, 1.807) is 0 Å². The van der Waals surface area contributed by atoms with Gasteiger partial charge in [0.25, 0.3) is 0 Å². The van der Waals surface area contributed by atoms with Crippen molar-refractivity contribution < 1.29 is 0 Å².